The molecule has 25 heavy (non-hydrogen) atoms. The van der Waals surface area contributed by atoms with E-state index in [1.165, 1.54) is 13.0 Å². The van der Waals surface area contributed by atoms with Crippen molar-refractivity contribution in [2.75, 3.05) is 5.32 Å². The number of benzene rings is 2. The monoisotopic (exact) mass is 377 g/mol. The molecule has 0 atom stereocenters. The van der Waals surface area contributed by atoms with Crippen LogP contribution in [-0.4, -0.2) is 5.91 Å². The van der Waals surface area contributed by atoms with Gasteiger partial charge in [-0.05, 0) is 24.3 Å². The van der Waals surface area contributed by atoms with E-state index < -0.39 is 5.63 Å². The molecule has 7 heteroatoms. The van der Waals surface area contributed by atoms with Crippen LogP contribution in [0.5, 0.6) is 5.75 Å². The topological polar surface area (TPSA) is 68.5 Å². The van der Waals surface area contributed by atoms with E-state index in [4.69, 9.17) is 32.4 Å². The van der Waals surface area contributed by atoms with Gasteiger partial charge in [0.25, 0.3) is 0 Å². The smallest absolute Gasteiger partial charge is 0.336 e. The number of anilines is 1. The van der Waals surface area contributed by atoms with E-state index in [0.29, 0.717) is 38.0 Å². The summed E-state index contributed by atoms with van der Waals surface area (Å²) in [5.74, 6) is 0.210. The van der Waals surface area contributed by atoms with Gasteiger partial charge >= 0.3 is 5.63 Å². The average Bonchev–Trinajstić information content (AvgIpc) is 2.55. The van der Waals surface area contributed by atoms with E-state index in [1.807, 2.05) is 0 Å². The van der Waals surface area contributed by atoms with Crippen LogP contribution in [0.15, 0.2) is 51.7 Å². The summed E-state index contributed by atoms with van der Waals surface area (Å²) in [4.78, 5) is 23.0. The number of hydrogen-bond donors (Lipinski definition) is 1. The number of rotatable bonds is 4. The van der Waals surface area contributed by atoms with Crippen molar-refractivity contribution in [2.24, 2.45) is 0 Å². The molecule has 2 aromatic carbocycles. The quantitative estimate of drug-likeness (QED) is 0.672. The number of halogens is 2. The second-order valence-electron chi connectivity index (χ2n) is 5.32. The van der Waals surface area contributed by atoms with Gasteiger partial charge in [0.2, 0.25) is 5.91 Å². The van der Waals surface area contributed by atoms with E-state index in [-0.39, 0.29) is 12.5 Å². The van der Waals surface area contributed by atoms with E-state index in [2.05, 4.69) is 5.32 Å². The fraction of sp³-hybridized carbons (Fsp3) is 0.111. The Hall–Kier alpha value is -2.50. The third kappa shape index (κ3) is 3.95. The predicted molar refractivity (Wildman–Crippen MR) is 97.6 cm³/mol. The molecule has 0 aliphatic carbocycles. The van der Waals surface area contributed by atoms with Crippen molar-refractivity contribution < 1.29 is 13.9 Å². The van der Waals surface area contributed by atoms with Crippen molar-refractivity contribution in [3.63, 3.8) is 0 Å². The molecule has 1 heterocycles. The number of carbonyl (C=O) groups excluding carboxylic acids is 1. The van der Waals surface area contributed by atoms with Crippen LogP contribution in [0.25, 0.3) is 11.0 Å². The maximum absolute atomic E-state index is 11.8. The Balaban J connectivity index is 1.94. The van der Waals surface area contributed by atoms with Crippen LogP contribution in [0.2, 0.25) is 10.0 Å². The molecule has 0 bridgehead atoms. The van der Waals surface area contributed by atoms with Gasteiger partial charge in [0.05, 0.1) is 5.02 Å². The minimum atomic E-state index is -0.511. The number of nitrogens with one attached hydrogen (secondary N) is 1. The van der Waals surface area contributed by atoms with E-state index in [9.17, 15) is 9.59 Å². The highest BCUT2D eigenvalue weighted by Gasteiger charge is 2.10. The van der Waals surface area contributed by atoms with Crippen LogP contribution in [0.1, 0.15) is 12.5 Å². The zero-order valence-electron chi connectivity index (χ0n) is 13.1. The zero-order valence-corrected chi connectivity index (χ0v) is 14.6. The Morgan fingerprint density at radius 2 is 2.00 bits per heavy atom. The molecule has 0 fully saturated rings. The molecule has 1 N–H and O–H groups in total. The average molecular weight is 378 g/mol. The number of hydrogen-bond acceptors (Lipinski definition) is 4. The second-order valence-corrected chi connectivity index (χ2v) is 6.11. The van der Waals surface area contributed by atoms with Crippen molar-refractivity contribution in [3.8, 4) is 5.75 Å². The number of ether oxygens (including phenoxy) is 1. The van der Waals surface area contributed by atoms with Gasteiger partial charge in [-0.15, -0.1) is 0 Å². The van der Waals surface area contributed by atoms with Gasteiger partial charge in [0.15, 0.2) is 0 Å². The molecule has 128 valence electrons. The summed E-state index contributed by atoms with van der Waals surface area (Å²) >= 11 is 12.1. The van der Waals surface area contributed by atoms with Gasteiger partial charge in [-0.3, -0.25) is 4.79 Å². The maximum Gasteiger partial charge on any atom is 0.336 e. The van der Waals surface area contributed by atoms with E-state index >= 15 is 0 Å². The molecule has 0 aliphatic heterocycles. The summed E-state index contributed by atoms with van der Waals surface area (Å²) in [5, 5.41) is 4.04. The second kappa shape index (κ2) is 7.17. The van der Waals surface area contributed by atoms with Crippen LogP contribution >= 0.6 is 23.2 Å². The molecule has 3 aromatic rings. The first kappa shape index (κ1) is 17.3. The highest BCUT2D eigenvalue weighted by molar-refractivity contribution is 6.42. The molecule has 0 unspecified atom stereocenters. The largest absolute Gasteiger partial charge is 0.487 e. The number of fused-ring (bicyclic) bond motifs is 1. The summed E-state index contributed by atoms with van der Waals surface area (Å²) in [5.41, 5.74) is 1.02. The molecular weight excluding hydrogens is 365 g/mol. The first-order valence-corrected chi connectivity index (χ1v) is 8.11. The Labute approximate surface area is 153 Å². The van der Waals surface area contributed by atoms with Crippen LogP contribution in [0.4, 0.5) is 5.69 Å². The highest BCUT2D eigenvalue weighted by Crippen LogP contribution is 2.32. The van der Waals surface area contributed by atoms with Crippen LogP contribution in [-0.2, 0) is 11.4 Å². The Kier molecular flexibility index (Phi) is 4.97. The van der Waals surface area contributed by atoms with Crippen LogP contribution in [0.3, 0.4) is 0 Å². The predicted octanol–water partition coefficient (Wildman–Crippen LogP) is 4.64. The van der Waals surface area contributed by atoms with Gasteiger partial charge in [-0.1, -0.05) is 29.3 Å². The van der Waals surface area contributed by atoms with Crippen molar-refractivity contribution in [1.29, 1.82) is 0 Å². The molecule has 1 amide bonds. The SMILES string of the molecule is CC(=O)Nc1ccc2c(COc3cccc(Cl)c3Cl)cc(=O)oc2c1. The fourth-order valence-electron chi connectivity index (χ4n) is 2.38. The molecular formula is C18H13Cl2NO4. The van der Waals surface area contributed by atoms with Crippen LogP contribution in [0, 0.1) is 0 Å². The summed E-state index contributed by atoms with van der Waals surface area (Å²) in [6, 6.07) is 11.5. The van der Waals surface area contributed by atoms with Crippen molar-refractivity contribution in [3.05, 3.63) is 68.5 Å². The Bertz CT molecular complexity index is 1010. The minimum Gasteiger partial charge on any atom is -0.487 e. The third-order valence-electron chi connectivity index (χ3n) is 3.45. The first-order valence-electron chi connectivity index (χ1n) is 7.35. The van der Waals surface area contributed by atoms with E-state index in [1.54, 1.807) is 36.4 Å². The summed E-state index contributed by atoms with van der Waals surface area (Å²) in [6.07, 6.45) is 0. The zero-order chi connectivity index (χ0) is 18.0. The van der Waals surface area contributed by atoms with Crippen molar-refractivity contribution in [2.45, 2.75) is 13.5 Å². The van der Waals surface area contributed by atoms with Gasteiger partial charge in [0.1, 0.15) is 23.0 Å². The Morgan fingerprint density at radius 3 is 2.76 bits per heavy atom. The molecule has 0 radical (unpaired) electrons. The lowest BCUT2D eigenvalue weighted by molar-refractivity contribution is -0.114. The minimum absolute atomic E-state index is 0.113. The number of carbonyl (C=O) groups is 1. The summed E-state index contributed by atoms with van der Waals surface area (Å²) in [7, 11) is 0. The lowest BCUT2D eigenvalue weighted by Gasteiger charge is -2.11. The Morgan fingerprint density at radius 1 is 1.20 bits per heavy atom. The molecule has 0 saturated heterocycles. The third-order valence-corrected chi connectivity index (χ3v) is 4.25. The molecule has 0 saturated carbocycles. The van der Waals surface area contributed by atoms with Crippen molar-refractivity contribution in [1.82, 2.24) is 0 Å². The lowest BCUT2D eigenvalue weighted by atomic mass is 10.1. The van der Waals surface area contributed by atoms with Gasteiger partial charge in [-0.25, -0.2) is 4.79 Å². The molecule has 0 spiro atoms. The van der Waals surface area contributed by atoms with Gasteiger partial charge in [-0.2, -0.15) is 0 Å². The standard InChI is InChI=1S/C18H13Cl2NO4/c1-10(22)21-12-5-6-13-11(7-17(23)25-16(13)8-12)9-24-15-4-2-3-14(19)18(15)20/h2-8H,9H2,1H3,(H,21,22). The lowest BCUT2D eigenvalue weighted by Crippen LogP contribution is -2.07. The van der Waals surface area contributed by atoms with Gasteiger partial charge in [0, 0.05) is 35.7 Å². The summed E-state index contributed by atoms with van der Waals surface area (Å²) in [6.45, 7) is 1.51. The van der Waals surface area contributed by atoms with Crippen LogP contribution < -0.4 is 15.7 Å². The molecule has 3 rings (SSSR count). The normalized spacial score (nSPS) is 10.7. The number of amides is 1. The first-order chi connectivity index (χ1) is 11.9. The maximum atomic E-state index is 11.8. The molecule has 1 aromatic heterocycles. The molecule has 0 aliphatic rings. The van der Waals surface area contributed by atoms with E-state index in [0.717, 1.165) is 0 Å². The van der Waals surface area contributed by atoms with Gasteiger partial charge < -0.3 is 14.5 Å². The van der Waals surface area contributed by atoms with Crippen molar-refractivity contribution >= 4 is 45.8 Å². The molecule has 5 nitrogen and oxygen atoms in total. The summed E-state index contributed by atoms with van der Waals surface area (Å²) < 4.78 is 10.9. The highest BCUT2D eigenvalue weighted by atomic mass is 35.5. The fourth-order valence-corrected chi connectivity index (χ4v) is 2.73.